The second-order valence-electron chi connectivity index (χ2n) is 12.9. The van der Waals surface area contributed by atoms with Gasteiger partial charge in [-0.25, -0.2) is 0 Å². The Kier molecular flexibility index (Phi) is 33.1. The van der Waals surface area contributed by atoms with Crippen molar-refractivity contribution >= 4 is 13.8 Å². The SMILES string of the molecule is CCCCCCCCCCCCCCCCCC[As](=O)(O)CCCCCCCCCCCCCCCCCC. The molecular weight excluding hydrogens is 539 g/mol. The van der Waals surface area contributed by atoms with Crippen LogP contribution in [0.1, 0.15) is 219 Å². The molecule has 0 aliphatic rings. The molecule has 0 aromatic rings. The van der Waals surface area contributed by atoms with Crippen molar-refractivity contribution < 1.29 is 7.84 Å². The molecule has 0 saturated carbocycles. The van der Waals surface area contributed by atoms with Crippen LogP contribution in [0.4, 0.5) is 0 Å². The zero-order valence-corrected chi connectivity index (χ0v) is 29.2. The van der Waals surface area contributed by atoms with Gasteiger partial charge < -0.3 is 0 Å². The Hall–Kier alpha value is 0.318. The van der Waals surface area contributed by atoms with E-state index in [0.717, 1.165) is 25.7 Å². The summed E-state index contributed by atoms with van der Waals surface area (Å²) in [7, 11) is 0. The van der Waals surface area contributed by atoms with Gasteiger partial charge in [0, 0.05) is 0 Å². The first-order valence-electron chi connectivity index (χ1n) is 18.4. The Morgan fingerprint density at radius 2 is 0.462 bits per heavy atom. The summed E-state index contributed by atoms with van der Waals surface area (Å²) in [5.41, 5.74) is 0. The van der Waals surface area contributed by atoms with Crippen LogP contribution >= 0.6 is 0 Å². The van der Waals surface area contributed by atoms with Gasteiger partial charge in [-0.05, 0) is 0 Å². The van der Waals surface area contributed by atoms with Gasteiger partial charge in [0.05, 0.1) is 0 Å². The van der Waals surface area contributed by atoms with Gasteiger partial charge in [-0.15, -0.1) is 0 Å². The average molecular weight is 615 g/mol. The smallest absolute Gasteiger partial charge is 0.0654 e. The van der Waals surface area contributed by atoms with E-state index in [-0.39, 0.29) is 0 Å². The molecule has 0 saturated heterocycles. The fourth-order valence-corrected chi connectivity index (χ4v) is 9.41. The van der Waals surface area contributed by atoms with E-state index in [2.05, 4.69) is 13.8 Å². The zero-order valence-electron chi connectivity index (χ0n) is 27.3. The molecule has 0 aromatic carbocycles. The van der Waals surface area contributed by atoms with Crippen molar-refractivity contribution in [3.05, 3.63) is 0 Å². The summed E-state index contributed by atoms with van der Waals surface area (Å²) in [5.74, 6) is 0. The van der Waals surface area contributed by atoms with Crippen LogP contribution in [0.2, 0.25) is 10.4 Å². The predicted molar refractivity (Wildman–Crippen MR) is 177 cm³/mol. The van der Waals surface area contributed by atoms with Crippen molar-refractivity contribution in [1.29, 1.82) is 0 Å². The standard InChI is InChI=1S/C36H75AsO2/c1-3-5-7-9-11-13-15-17-19-21-23-25-27-29-31-33-35-37(38,39)36-34-32-30-28-26-24-22-20-18-16-14-12-10-8-6-4-2/h3-36H2,1-2H3,(H,38,39). The van der Waals surface area contributed by atoms with Gasteiger partial charge in [0.2, 0.25) is 0 Å². The minimum absolute atomic E-state index is 0.620. The Labute approximate surface area is 250 Å². The summed E-state index contributed by atoms with van der Waals surface area (Å²) in [6.45, 7) is 4.58. The summed E-state index contributed by atoms with van der Waals surface area (Å²) in [4.78, 5) is 0. The monoisotopic (exact) mass is 614 g/mol. The van der Waals surface area contributed by atoms with E-state index >= 15 is 0 Å². The minimum atomic E-state index is -3.52. The molecule has 0 rings (SSSR count). The van der Waals surface area contributed by atoms with Crippen molar-refractivity contribution in [3.63, 3.8) is 0 Å². The second kappa shape index (κ2) is 32.8. The van der Waals surface area contributed by atoms with Crippen molar-refractivity contribution in [3.8, 4) is 0 Å². The maximum atomic E-state index is 12.5. The van der Waals surface area contributed by atoms with Crippen LogP contribution in [0.3, 0.4) is 0 Å². The molecule has 0 atom stereocenters. The Morgan fingerprint density at radius 1 is 0.308 bits per heavy atom. The van der Waals surface area contributed by atoms with Crippen LogP contribution in [0.5, 0.6) is 0 Å². The third kappa shape index (κ3) is 34.4. The van der Waals surface area contributed by atoms with Crippen molar-refractivity contribution in [2.24, 2.45) is 0 Å². The van der Waals surface area contributed by atoms with Gasteiger partial charge in [-0.1, -0.05) is 78.1 Å². The Balaban J connectivity index is 3.27. The van der Waals surface area contributed by atoms with E-state index in [1.165, 1.54) is 180 Å². The molecule has 0 spiro atoms. The van der Waals surface area contributed by atoms with Crippen LogP contribution < -0.4 is 0 Å². The molecule has 0 unspecified atom stereocenters. The number of hydrogen-bond acceptors (Lipinski definition) is 1. The normalized spacial score (nSPS) is 12.0. The van der Waals surface area contributed by atoms with Crippen LogP contribution in [-0.2, 0) is 3.74 Å². The molecule has 1 N–H and O–H groups in total. The molecule has 236 valence electrons. The molecule has 39 heavy (non-hydrogen) atoms. The molecule has 0 fully saturated rings. The molecule has 0 aromatic heterocycles. The van der Waals surface area contributed by atoms with Crippen LogP contribution in [-0.4, -0.2) is 17.9 Å². The van der Waals surface area contributed by atoms with E-state index in [4.69, 9.17) is 0 Å². The molecule has 0 bridgehead atoms. The summed E-state index contributed by atoms with van der Waals surface area (Å²) >= 11 is -3.52. The fraction of sp³-hybridized carbons (Fsp3) is 1.00. The fourth-order valence-electron chi connectivity index (χ4n) is 5.93. The summed E-state index contributed by atoms with van der Waals surface area (Å²) in [5, 5.41) is 1.24. The van der Waals surface area contributed by atoms with Crippen LogP contribution in [0, 0.1) is 0 Å². The predicted octanol–water partition coefficient (Wildman–Crippen LogP) is 13.4. The van der Waals surface area contributed by atoms with Crippen molar-refractivity contribution in [2.75, 3.05) is 0 Å². The first-order chi connectivity index (χ1) is 19.1. The van der Waals surface area contributed by atoms with Gasteiger partial charge in [0.15, 0.2) is 0 Å². The molecule has 0 aliphatic carbocycles. The Morgan fingerprint density at radius 3 is 0.641 bits per heavy atom. The molecule has 0 radical (unpaired) electrons. The molecule has 0 aliphatic heterocycles. The number of rotatable bonds is 34. The topological polar surface area (TPSA) is 37.3 Å². The second-order valence-corrected chi connectivity index (χ2v) is 18.3. The van der Waals surface area contributed by atoms with E-state index < -0.39 is 13.8 Å². The maximum absolute atomic E-state index is 12.5. The summed E-state index contributed by atoms with van der Waals surface area (Å²) in [6, 6.07) is 0. The van der Waals surface area contributed by atoms with E-state index in [9.17, 15) is 7.84 Å². The van der Waals surface area contributed by atoms with E-state index in [1.54, 1.807) is 0 Å². The molecule has 0 amide bonds. The Bertz CT molecular complexity index is 452. The van der Waals surface area contributed by atoms with Gasteiger partial charge in [-0.3, -0.25) is 0 Å². The first-order valence-corrected chi connectivity index (χ1v) is 22.7. The quantitative estimate of drug-likeness (QED) is 0.0578. The number of hydrogen-bond donors (Lipinski definition) is 1. The number of unbranched alkanes of at least 4 members (excludes halogenated alkanes) is 30. The first kappa shape index (κ1) is 39.3. The average Bonchev–Trinajstić information content (AvgIpc) is 2.92. The van der Waals surface area contributed by atoms with Gasteiger partial charge >= 0.3 is 173 Å². The molecule has 2 nitrogen and oxygen atoms in total. The van der Waals surface area contributed by atoms with Gasteiger partial charge in [0.25, 0.3) is 0 Å². The third-order valence-electron chi connectivity index (χ3n) is 8.72. The van der Waals surface area contributed by atoms with Crippen molar-refractivity contribution in [1.82, 2.24) is 0 Å². The molecule has 3 heteroatoms. The summed E-state index contributed by atoms with van der Waals surface area (Å²) in [6.07, 6.45) is 43.4. The molecular formula is C36H75AsO2. The van der Waals surface area contributed by atoms with E-state index in [0.29, 0.717) is 10.4 Å². The van der Waals surface area contributed by atoms with Crippen LogP contribution in [0.15, 0.2) is 0 Å². The van der Waals surface area contributed by atoms with Crippen molar-refractivity contribution in [2.45, 2.75) is 230 Å². The van der Waals surface area contributed by atoms with E-state index in [1.807, 2.05) is 0 Å². The zero-order chi connectivity index (χ0) is 28.5. The molecule has 0 heterocycles. The minimum Gasteiger partial charge on any atom is -0.0654 e. The summed E-state index contributed by atoms with van der Waals surface area (Å²) < 4.78 is 22.9. The van der Waals surface area contributed by atoms with Crippen LogP contribution in [0.25, 0.3) is 0 Å². The third-order valence-corrected chi connectivity index (χ3v) is 13.0. The van der Waals surface area contributed by atoms with Gasteiger partial charge in [-0.2, -0.15) is 0 Å². The van der Waals surface area contributed by atoms with Gasteiger partial charge in [0.1, 0.15) is 0 Å².